The van der Waals surface area contributed by atoms with Gasteiger partial charge in [0.1, 0.15) is 0 Å². The van der Waals surface area contributed by atoms with Gasteiger partial charge in [-0.2, -0.15) is 0 Å². The van der Waals surface area contributed by atoms with Crippen LogP contribution >= 0.6 is 11.3 Å². The van der Waals surface area contributed by atoms with E-state index in [-0.39, 0.29) is 5.91 Å². The summed E-state index contributed by atoms with van der Waals surface area (Å²) in [6, 6.07) is 0.465. The molecule has 0 aromatic carbocycles. The number of rotatable bonds is 4. The summed E-state index contributed by atoms with van der Waals surface area (Å²) in [7, 11) is 1.97. The molecule has 0 bridgehead atoms. The minimum atomic E-state index is 0.264. The lowest BCUT2D eigenvalue weighted by atomic mass is 10.1. The number of piperidine rings is 1. The zero-order valence-corrected chi connectivity index (χ0v) is 11.0. The van der Waals surface area contributed by atoms with E-state index < -0.39 is 0 Å². The van der Waals surface area contributed by atoms with Crippen LogP contribution in [0.4, 0.5) is 0 Å². The predicted molar refractivity (Wildman–Crippen MR) is 69.1 cm³/mol. The molecule has 5 heteroatoms. The molecular weight excluding hydrogens is 234 g/mol. The Balaban J connectivity index is 1.79. The third kappa shape index (κ3) is 3.51. The second-order valence-electron chi connectivity index (χ2n) is 4.39. The van der Waals surface area contributed by atoms with E-state index in [2.05, 4.69) is 10.3 Å². The molecule has 1 saturated heterocycles. The summed E-state index contributed by atoms with van der Waals surface area (Å²) in [5, 5.41) is 6.27. The van der Waals surface area contributed by atoms with Gasteiger partial charge in [-0.25, -0.2) is 4.98 Å². The maximum atomic E-state index is 12.0. The fraction of sp³-hybridized carbons (Fsp3) is 0.667. The third-order valence-corrected chi connectivity index (χ3v) is 4.06. The SMILES string of the molecule is CNC1CCCN(C(=O)CCc2nccs2)C1. The van der Waals surface area contributed by atoms with E-state index >= 15 is 0 Å². The van der Waals surface area contributed by atoms with Crippen molar-refractivity contribution < 1.29 is 4.79 Å². The Morgan fingerprint density at radius 2 is 2.59 bits per heavy atom. The number of hydrogen-bond acceptors (Lipinski definition) is 4. The number of amides is 1. The molecule has 1 N–H and O–H groups in total. The number of thiazole rings is 1. The standard InChI is InChI=1S/C12H19N3OS/c1-13-10-3-2-7-15(9-10)12(16)5-4-11-14-6-8-17-11/h6,8,10,13H,2-5,7,9H2,1H3. The molecule has 1 aromatic heterocycles. The zero-order valence-electron chi connectivity index (χ0n) is 10.2. The van der Waals surface area contributed by atoms with Crippen LogP contribution in [0.15, 0.2) is 11.6 Å². The summed E-state index contributed by atoms with van der Waals surface area (Å²) in [5.74, 6) is 0.264. The first-order chi connectivity index (χ1) is 8.29. The molecule has 4 nitrogen and oxygen atoms in total. The van der Waals surface area contributed by atoms with Crippen molar-refractivity contribution in [2.75, 3.05) is 20.1 Å². The smallest absolute Gasteiger partial charge is 0.223 e. The van der Waals surface area contributed by atoms with Crippen LogP contribution in [0.25, 0.3) is 0 Å². The Bertz CT molecular complexity index is 353. The highest BCUT2D eigenvalue weighted by Gasteiger charge is 2.22. The van der Waals surface area contributed by atoms with Gasteiger partial charge in [0.15, 0.2) is 0 Å². The molecule has 17 heavy (non-hydrogen) atoms. The van der Waals surface area contributed by atoms with E-state index in [0.29, 0.717) is 12.5 Å². The molecule has 1 aliphatic heterocycles. The monoisotopic (exact) mass is 253 g/mol. The number of nitrogens with zero attached hydrogens (tertiary/aromatic N) is 2. The molecule has 1 atom stereocenters. The minimum absolute atomic E-state index is 0.264. The summed E-state index contributed by atoms with van der Waals surface area (Å²) in [6.07, 6.45) is 5.44. The van der Waals surface area contributed by atoms with Gasteiger partial charge in [-0.15, -0.1) is 11.3 Å². The number of likely N-dealkylation sites (tertiary alicyclic amines) is 1. The normalized spacial score (nSPS) is 20.5. The average Bonchev–Trinajstić information content (AvgIpc) is 2.89. The van der Waals surface area contributed by atoms with E-state index in [9.17, 15) is 4.79 Å². The molecule has 0 saturated carbocycles. The van der Waals surface area contributed by atoms with E-state index in [1.165, 1.54) is 6.42 Å². The van der Waals surface area contributed by atoms with Gasteiger partial charge in [-0.1, -0.05) is 0 Å². The maximum absolute atomic E-state index is 12.0. The largest absolute Gasteiger partial charge is 0.341 e. The highest BCUT2D eigenvalue weighted by molar-refractivity contribution is 7.09. The van der Waals surface area contributed by atoms with Crippen LogP contribution in [0.3, 0.4) is 0 Å². The van der Waals surface area contributed by atoms with Crippen molar-refractivity contribution in [3.63, 3.8) is 0 Å². The summed E-state index contributed by atoms with van der Waals surface area (Å²) in [5.41, 5.74) is 0. The molecule has 1 amide bonds. The first-order valence-electron chi connectivity index (χ1n) is 6.13. The maximum Gasteiger partial charge on any atom is 0.223 e. The molecule has 0 aliphatic carbocycles. The Kier molecular flexibility index (Phi) is 4.50. The summed E-state index contributed by atoms with van der Waals surface area (Å²) >= 11 is 1.62. The van der Waals surface area contributed by atoms with Crippen LogP contribution in [0.2, 0.25) is 0 Å². The number of aromatic nitrogens is 1. The Morgan fingerprint density at radius 1 is 1.71 bits per heavy atom. The van der Waals surface area contributed by atoms with Crippen LogP contribution in [-0.4, -0.2) is 42.0 Å². The van der Waals surface area contributed by atoms with Crippen molar-refractivity contribution in [1.29, 1.82) is 0 Å². The van der Waals surface area contributed by atoms with Crippen molar-refractivity contribution in [3.05, 3.63) is 16.6 Å². The number of hydrogen-bond donors (Lipinski definition) is 1. The van der Waals surface area contributed by atoms with Gasteiger partial charge < -0.3 is 10.2 Å². The first-order valence-corrected chi connectivity index (χ1v) is 7.01. The molecule has 94 valence electrons. The van der Waals surface area contributed by atoms with Crippen molar-refractivity contribution in [1.82, 2.24) is 15.2 Å². The topological polar surface area (TPSA) is 45.2 Å². The highest BCUT2D eigenvalue weighted by Crippen LogP contribution is 2.13. The quantitative estimate of drug-likeness (QED) is 0.879. The Hall–Kier alpha value is -0.940. The lowest BCUT2D eigenvalue weighted by molar-refractivity contribution is -0.132. The average molecular weight is 253 g/mol. The Morgan fingerprint density at radius 3 is 3.29 bits per heavy atom. The zero-order chi connectivity index (χ0) is 12.1. The number of nitrogens with one attached hydrogen (secondary N) is 1. The fourth-order valence-corrected chi connectivity index (χ4v) is 2.81. The number of aryl methyl sites for hydroxylation is 1. The Labute approximate surface area is 106 Å². The predicted octanol–water partition coefficient (Wildman–Crippen LogP) is 1.29. The molecule has 2 rings (SSSR count). The number of likely N-dealkylation sites (N-methyl/N-ethyl adjacent to an activating group) is 1. The van der Waals surface area contributed by atoms with Gasteiger partial charge >= 0.3 is 0 Å². The number of carbonyl (C=O) groups is 1. The van der Waals surface area contributed by atoms with Crippen LogP contribution in [0.1, 0.15) is 24.3 Å². The summed E-state index contributed by atoms with van der Waals surface area (Å²) < 4.78 is 0. The van der Waals surface area contributed by atoms with Gasteiger partial charge in [-0.3, -0.25) is 4.79 Å². The molecule has 1 unspecified atom stereocenters. The lowest BCUT2D eigenvalue weighted by Gasteiger charge is -2.32. The van der Waals surface area contributed by atoms with Gasteiger partial charge in [0, 0.05) is 43.5 Å². The first kappa shape index (κ1) is 12.5. The van der Waals surface area contributed by atoms with Crippen LogP contribution in [-0.2, 0) is 11.2 Å². The molecule has 0 radical (unpaired) electrons. The highest BCUT2D eigenvalue weighted by atomic mass is 32.1. The molecule has 0 spiro atoms. The fourth-order valence-electron chi connectivity index (χ4n) is 2.19. The van der Waals surface area contributed by atoms with Crippen molar-refractivity contribution in [2.24, 2.45) is 0 Å². The van der Waals surface area contributed by atoms with Crippen LogP contribution in [0, 0.1) is 0 Å². The van der Waals surface area contributed by atoms with Crippen molar-refractivity contribution in [3.8, 4) is 0 Å². The third-order valence-electron chi connectivity index (χ3n) is 3.22. The van der Waals surface area contributed by atoms with Gasteiger partial charge in [0.2, 0.25) is 5.91 Å². The second-order valence-corrected chi connectivity index (χ2v) is 5.37. The summed E-state index contributed by atoms with van der Waals surface area (Å²) in [6.45, 7) is 1.77. The minimum Gasteiger partial charge on any atom is -0.341 e. The second kappa shape index (κ2) is 6.12. The molecule has 1 aromatic rings. The van der Waals surface area contributed by atoms with Gasteiger partial charge in [0.25, 0.3) is 0 Å². The number of carbonyl (C=O) groups excluding carboxylic acids is 1. The van der Waals surface area contributed by atoms with E-state index in [4.69, 9.17) is 0 Å². The van der Waals surface area contributed by atoms with Crippen LogP contribution < -0.4 is 5.32 Å². The molecule has 1 aliphatic rings. The van der Waals surface area contributed by atoms with Crippen molar-refractivity contribution >= 4 is 17.2 Å². The molecular formula is C12H19N3OS. The lowest BCUT2D eigenvalue weighted by Crippen LogP contribution is -2.47. The van der Waals surface area contributed by atoms with E-state index in [1.54, 1.807) is 17.5 Å². The van der Waals surface area contributed by atoms with Gasteiger partial charge in [0.05, 0.1) is 5.01 Å². The van der Waals surface area contributed by atoms with Crippen molar-refractivity contribution in [2.45, 2.75) is 31.7 Å². The molecule has 2 heterocycles. The molecule has 1 fully saturated rings. The van der Waals surface area contributed by atoms with E-state index in [0.717, 1.165) is 30.9 Å². The van der Waals surface area contributed by atoms with Crippen LogP contribution in [0.5, 0.6) is 0 Å². The van der Waals surface area contributed by atoms with E-state index in [1.807, 2.05) is 17.3 Å². The summed E-state index contributed by atoms with van der Waals surface area (Å²) in [4.78, 5) is 18.2. The van der Waals surface area contributed by atoms with Gasteiger partial charge in [-0.05, 0) is 19.9 Å².